The summed E-state index contributed by atoms with van der Waals surface area (Å²) in [4.78, 5) is 32.1. The van der Waals surface area contributed by atoms with E-state index in [0.717, 1.165) is 22.5 Å². The number of H-pyrrole nitrogens is 1. The quantitative estimate of drug-likeness (QED) is 0.610. The molecule has 2 aromatic carbocycles. The monoisotopic (exact) mass is 379 g/mol. The van der Waals surface area contributed by atoms with Crippen LogP contribution in [-0.4, -0.2) is 27.4 Å². The third-order valence-electron chi connectivity index (χ3n) is 4.09. The highest BCUT2D eigenvalue weighted by Gasteiger charge is 2.19. The number of thioether (sulfide) groups is 1. The summed E-state index contributed by atoms with van der Waals surface area (Å²) in [6.07, 6.45) is 0. The second-order valence-corrected chi connectivity index (χ2v) is 7.16. The van der Waals surface area contributed by atoms with Crippen molar-refractivity contribution in [2.24, 2.45) is 0 Å². The summed E-state index contributed by atoms with van der Waals surface area (Å²) < 4.78 is 0. The van der Waals surface area contributed by atoms with Gasteiger partial charge in [0.05, 0.1) is 11.4 Å². The molecule has 1 unspecified atom stereocenters. The van der Waals surface area contributed by atoms with Gasteiger partial charge in [-0.25, -0.2) is 4.98 Å². The predicted octanol–water partition coefficient (Wildman–Crippen LogP) is 3.92. The van der Waals surface area contributed by atoms with Gasteiger partial charge in [-0.05, 0) is 19.4 Å². The van der Waals surface area contributed by atoms with E-state index in [1.807, 2.05) is 67.6 Å². The van der Waals surface area contributed by atoms with Crippen molar-refractivity contribution in [2.45, 2.75) is 25.0 Å². The molecular formula is C21H21N3O2S. The Balaban J connectivity index is 1.63. The van der Waals surface area contributed by atoms with Gasteiger partial charge >= 0.3 is 0 Å². The number of carbonyl (C=O) groups is 2. The van der Waals surface area contributed by atoms with Crippen LogP contribution in [0, 0.1) is 6.92 Å². The van der Waals surface area contributed by atoms with E-state index in [0.29, 0.717) is 5.16 Å². The van der Waals surface area contributed by atoms with Crippen LogP contribution in [0.4, 0.5) is 0 Å². The largest absolute Gasteiger partial charge is 0.341 e. The van der Waals surface area contributed by atoms with E-state index in [1.54, 1.807) is 0 Å². The average Bonchev–Trinajstić information content (AvgIpc) is 3.06. The first-order valence-electron chi connectivity index (χ1n) is 8.64. The zero-order chi connectivity index (χ0) is 19.2. The van der Waals surface area contributed by atoms with E-state index in [-0.39, 0.29) is 17.4 Å². The summed E-state index contributed by atoms with van der Waals surface area (Å²) in [5.74, 6) is -0.128. The molecule has 0 bridgehead atoms. The number of nitrogens with zero attached hydrogens (tertiary/aromatic N) is 1. The number of hydrogen-bond acceptors (Lipinski definition) is 4. The van der Waals surface area contributed by atoms with Crippen molar-refractivity contribution < 1.29 is 9.59 Å². The third-order valence-corrected chi connectivity index (χ3v) is 4.97. The second-order valence-electron chi connectivity index (χ2n) is 6.19. The molecule has 5 nitrogen and oxygen atoms in total. The fourth-order valence-electron chi connectivity index (χ4n) is 2.78. The van der Waals surface area contributed by atoms with Crippen molar-refractivity contribution >= 4 is 23.5 Å². The van der Waals surface area contributed by atoms with Crippen LogP contribution in [-0.2, 0) is 9.59 Å². The summed E-state index contributed by atoms with van der Waals surface area (Å²) in [7, 11) is 0. The van der Waals surface area contributed by atoms with Gasteiger partial charge in [0.1, 0.15) is 6.04 Å². The first kappa shape index (κ1) is 18.9. The Morgan fingerprint density at radius 2 is 1.70 bits per heavy atom. The Hall–Kier alpha value is -2.86. The van der Waals surface area contributed by atoms with Gasteiger partial charge in [0.25, 0.3) is 0 Å². The number of ketones is 1. The lowest BCUT2D eigenvalue weighted by Crippen LogP contribution is -2.33. The molecule has 3 rings (SSSR count). The van der Waals surface area contributed by atoms with E-state index in [2.05, 4.69) is 15.3 Å². The number of hydrogen-bond donors (Lipinski definition) is 2. The molecule has 0 saturated heterocycles. The van der Waals surface area contributed by atoms with Crippen LogP contribution >= 0.6 is 11.8 Å². The van der Waals surface area contributed by atoms with Gasteiger partial charge in [-0.3, -0.25) is 9.59 Å². The van der Waals surface area contributed by atoms with Gasteiger partial charge < -0.3 is 10.3 Å². The lowest BCUT2D eigenvalue weighted by atomic mass is 10.0. The summed E-state index contributed by atoms with van der Waals surface area (Å²) in [5.41, 5.74) is 3.64. The third kappa shape index (κ3) is 4.86. The molecule has 1 atom stereocenters. The Labute approximate surface area is 162 Å². The molecule has 1 heterocycles. The maximum absolute atomic E-state index is 12.3. The van der Waals surface area contributed by atoms with Crippen LogP contribution < -0.4 is 5.32 Å². The number of carbonyl (C=O) groups excluding carboxylic acids is 2. The molecular weight excluding hydrogens is 358 g/mol. The minimum Gasteiger partial charge on any atom is -0.341 e. The van der Waals surface area contributed by atoms with Gasteiger partial charge in [-0.1, -0.05) is 72.4 Å². The van der Waals surface area contributed by atoms with Crippen LogP contribution in [0.15, 0.2) is 65.8 Å². The molecule has 6 heteroatoms. The molecule has 138 valence electrons. The minimum absolute atomic E-state index is 0.0974. The second kappa shape index (κ2) is 8.68. The zero-order valence-electron chi connectivity index (χ0n) is 15.2. The van der Waals surface area contributed by atoms with Crippen molar-refractivity contribution in [1.29, 1.82) is 0 Å². The normalized spacial score (nSPS) is 11.8. The van der Waals surface area contributed by atoms with Crippen molar-refractivity contribution in [3.05, 3.63) is 71.9 Å². The SMILES string of the molecule is CC(=O)C(NC(=O)CSc1nc(-c2ccccc2)c(C)[nH]1)c1ccccc1. The number of imidazole rings is 1. The molecule has 0 radical (unpaired) electrons. The van der Waals surface area contributed by atoms with Crippen molar-refractivity contribution in [3.63, 3.8) is 0 Å². The standard InChI is InChI=1S/C21H21N3O2S/c1-14-19(16-9-5-3-6-10-16)24-21(22-14)27-13-18(26)23-20(15(2)25)17-11-7-4-8-12-17/h3-12,20H,13H2,1-2H3,(H,22,24)(H,23,26). The van der Waals surface area contributed by atoms with Crippen LogP contribution in [0.2, 0.25) is 0 Å². The fourth-order valence-corrected chi connectivity index (χ4v) is 3.51. The molecule has 1 aromatic heterocycles. The highest BCUT2D eigenvalue weighted by molar-refractivity contribution is 7.99. The van der Waals surface area contributed by atoms with E-state index < -0.39 is 6.04 Å². The number of nitrogens with one attached hydrogen (secondary N) is 2. The Morgan fingerprint density at radius 3 is 2.33 bits per heavy atom. The smallest absolute Gasteiger partial charge is 0.231 e. The lowest BCUT2D eigenvalue weighted by molar-refractivity contribution is -0.125. The van der Waals surface area contributed by atoms with Gasteiger partial charge in [-0.2, -0.15) is 0 Å². The maximum Gasteiger partial charge on any atom is 0.231 e. The summed E-state index contributed by atoms with van der Waals surface area (Å²) in [6, 6.07) is 18.5. The molecule has 0 spiro atoms. The van der Waals surface area contributed by atoms with E-state index in [9.17, 15) is 9.59 Å². The van der Waals surface area contributed by atoms with Gasteiger partial charge in [0.2, 0.25) is 5.91 Å². The van der Waals surface area contributed by atoms with Crippen LogP contribution in [0.1, 0.15) is 24.2 Å². The van der Waals surface area contributed by atoms with Crippen LogP contribution in [0.5, 0.6) is 0 Å². The highest BCUT2D eigenvalue weighted by Crippen LogP contribution is 2.25. The van der Waals surface area contributed by atoms with Gasteiger partial charge in [0, 0.05) is 11.3 Å². The molecule has 1 amide bonds. The topological polar surface area (TPSA) is 74.8 Å². The van der Waals surface area contributed by atoms with E-state index in [1.165, 1.54) is 18.7 Å². The van der Waals surface area contributed by atoms with E-state index >= 15 is 0 Å². The molecule has 0 fully saturated rings. The number of aromatic nitrogens is 2. The Kier molecular flexibility index (Phi) is 6.08. The molecule has 0 aliphatic carbocycles. The fraction of sp³-hybridized carbons (Fsp3) is 0.190. The number of amides is 1. The molecule has 3 aromatic rings. The van der Waals surface area contributed by atoms with Gasteiger partial charge in [-0.15, -0.1) is 0 Å². The van der Waals surface area contributed by atoms with Crippen molar-refractivity contribution in [1.82, 2.24) is 15.3 Å². The minimum atomic E-state index is -0.627. The highest BCUT2D eigenvalue weighted by atomic mass is 32.2. The Morgan fingerprint density at radius 1 is 1.07 bits per heavy atom. The number of rotatable bonds is 7. The van der Waals surface area contributed by atoms with Crippen LogP contribution in [0.3, 0.4) is 0 Å². The zero-order valence-corrected chi connectivity index (χ0v) is 16.0. The van der Waals surface area contributed by atoms with Crippen molar-refractivity contribution in [3.8, 4) is 11.3 Å². The summed E-state index contributed by atoms with van der Waals surface area (Å²) in [6.45, 7) is 3.44. The number of benzene rings is 2. The molecule has 2 N–H and O–H groups in total. The summed E-state index contributed by atoms with van der Waals surface area (Å²) >= 11 is 1.32. The van der Waals surface area contributed by atoms with E-state index in [4.69, 9.17) is 0 Å². The molecule has 0 saturated carbocycles. The average molecular weight is 379 g/mol. The molecule has 0 aliphatic heterocycles. The molecule has 27 heavy (non-hydrogen) atoms. The first-order chi connectivity index (χ1) is 13.0. The van der Waals surface area contributed by atoms with Crippen molar-refractivity contribution in [2.75, 3.05) is 5.75 Å². The van der Waals surface area contributed by atoms with Crippen LogP contribution in [0.25, 0.3) is 11.3 Å². The first-order valence-corrected chi connectivity index (χ1v) is 9.62. The predicted molar refractivity (Wildman–Crippen MR) is 107 cm³/mol. The number of Topliss-reactive ketones (excluding diaryl/α,β-unsaturated/α-hetero) is 1. The van der Waals surface area contributed by atoms with Gasteiger partial charge in [0.15, 0.2) is 10.9 Å². The maximum atomic E-state index is 12.3. The Bertz CT molecular complexity index is 923. The lowest BCUT2D eigenvalue weighted by Gasteiger charge is -2.16. The number of aromatic amines is 1. The number of aryl methyl sites for hydroxylation is 1. The molecule has 0 aliphatic rings. The summed E-state index contributed by atoms with van der Waals surface area (Å²) in [5, 5.41) is 3.49.